The molecule has 0 unspecified atom stereocenters. The molecule has 6 heteroatoms. The second-order valence-corrected chi connectivity index (χ2v) is 3.55. The molecular formula is C9H18F4N2. The van der Waals surface area contributed by atoms with Gasteiger partial charge in [0.15, 0.2) is 0 Å². The van der Waals surface area contributed by atoms with E-state index in [1.807, 2.05) is 6.92 Å². The third-order valence-electron chi connectivity index (χ3n) is 1.90. The number of hydrogen-bond acceptors (Lipinski definition) is 2. The summed E-state index contributed by atoms with van der Waals surface area (Å²) in [5, 5.41) is 3.01. The maximum atomic E-state index is 12.6. The third-order valence-corrected chi connectivity index (χ3v) is 1.90. The van der Waals surface area contributed by atoms with Crippen LogP contribution in [-0.4, -0.2) is 50.5 Å². The van der Waals surface area contributed by atoms with Crippen LogP contribution in [0.25, 0.3) is 0 Å². The van der Waals surface area contributed by atoms with Gasteiger partial charge in [0.2, 0.25) is 0 Å². The fourth-order valence-corrected chi connectivity index (χ4v) is 1.08. The Hall–Kier alpha value is -0.360. The van der Waals surface area contributed by atoms with E-state index in [0.29, 0.717) is 13.1 Å². The topological polar surface area (TPSA) is 15.3 Å². The minimum absolute atomic E-state index is 0.336. The average molecular weight is 230 g/mol. The van der Waals surface area contributed by atoms with Gasteiger partial charge in [-0.3, -0.25) is 4.90 Å². The molecular weight excluding hydrogens is 212 g/mol. The van der Waals surface area contributed by atoms with Crippen molar-refractivity contribution < 1.29 is 17.6 Å². The number of hydrogen-bond donors (Lipinski definition) is 1. The Morgan fingerprint density at radius 3 is 2.33 bits per heavy atom. The lowest BCUT2D eigenvalue weighted by Gasteiger charge is -2.23. The molecule has 0 atom stereocenters. The van der Waals surface area contributed by atoms with E-state index >= 15 is 0 Å². The van der Waals surface area contributed by atoms with Crippen LogP contribution in [-0.2, 0) is 0 Å². The summed E-state index contributed by atoms with van der Waals surface area (Å²) in [6.45, 7) is 2.76. The van der Waals surface area contributed by atoms with Gasteiger partial charge in [-0.1, -0.05) is 6.92 Å². The smallest absolute Gasteiger partial charge is 0.315 e. The van der Waals surface area contributed by atoms with Crippen molar-refractivity contribution in [1.29, 1.82) is 0 Å². The van der Waals surface area contributed by atoms with Gasteiger partial charge >= 0.3 is 12.3 Å². The van der Waals surface area contributed by atoms with E-state index in [2.05, 4.69) is 5.32 Å². The lowest BCUT2D eigenvalue weighted by atomic mass is 10.3. The van der Waals surface area contributed by atoms with Gasteiger partial charge in [-0.05, 0) is 20.0 Å². The molecule has 0 radical (unpaired) electrons. The van der Waals surface area contributed by atoms with Crippen molar-refractivity contribution in [3.63, 3.8) is 0 Å². The Labute approximate surface area is 87.6 Å². The van der Waals surface area contributed by atoms with E-state index in [1.165, 1.54) is 11.9 Å². The number of rotatable bonds is 8. The Balaban J connectivity index is 3.68. The number of nitrogens with one attached hydrogen (secondary N) is 1. The number of alkyl halides is 4. The molecule has 0 amide bonds. The number of nitrogens with zero attached hydrogens (tertiary/aromatic N) is 1. The van der Waals surface area contributed by atoms with Gasteiger partial charge < -0.3 is 5.32 Å². The Morgan fingerprint density at radius 2 is 1.87 bits per heavy atom. The lowest BCUT2D eigenvalue weighted by Crippen LogP contribution is -2.42. The van der Waals surface area contributed by atoms with Crippen molar-refractivity contribution in [2.24, 2.45) is 0 Å². The zero-order valence-electron chi connectivity index (χ0n) is 9.07. The summed E-state index contributed by atoms with van der Waals surface area (Å²) in [6, 6.07) is 0. The molecule has 0 aromatic rings. The summed E-state index contributed by atoms with van der Waals surface area (Å²) in [4.78, 5) is 1.20. The van der Waals surface area contributed by atoms with Crippen LogP contribution in [0.4, 0.5) is 17.6 Å². The van der Waals surface area contributed by atoms with Gasteiger partial charge in [0.25, 0.3) is 0 Å². The van der Waals surface area contributed by atoms with E-state index in [0.717, 1.165) is 13.0 Å². The van der Waals surface area contributed by atoms with Crippen molar-refractivity contribution in [2.75, 3.05) is 33.2 Å². The number of likely N-dealkylation sites (N-methyl/N-ethyl adjacent to an activating group) is 1. The summed E-state index contributed by atoms with van der Waals surface area (Å²) < 4.78 is 48.8. The number of halogens is 4. The average Bonchev–Trinajstić information content (AvgIpc) is 2.11. The standard InChI is InChI=1S/C9H18F4N2/c1-3-4-14-5-6-15(2)7-9(12,13)8(10)11/h8,14H,3-7H2,1-2H3. The van der Waals surface area contributed by atoms with E-state index in [9.17, 15) is 17.6 Å². The fraction of sp³-hybridized carbons (Fsp3) is 1.00. The lowest BCUT2D eigenvalue weighted by molar-refractivity contribution is -0.139. The van der Waals surface area contributed by atoms with Crippen LogP contribution < -0.4 is 5.32 Å². The molecule has 92 valence electrons. The van der Waals surface area contributed by atoms with Gasteiger partial charge in [0.1, 0.15) is 0 Å². The quantitative estimate of drug-likeness (QED) is 0.505. The molecule has 0 aliphatic rings. The van der Waals surface area contributed by atoms with Crippen LogP contribution in [0.15, 0.2) is 0 Å². The minimum Gasteiger partial charge on any atom is -0.315 e. The van der Waals surface area contributed by atoms with Gasteiger partial charge in [-0.2, -0.15) is 8.78 Å². The molecule has 0 aliphatic heterocycles. The van der Waals surface area contributed by atoms with E-state index in [4.69, 9.17) is 0 Å². The maximum absolute atomic E-state index is 12.6. The van der Waals surface area contributed by atoms with Crippen molar-refractivity contribution in [3.05, 3.63) is 0 Å². The molecule has 0 aromatic carbocycles. The summed E-state index contributed by atoms with van der Waals surface area (Å²) >= 11 is 0. The van der Waals surface area contributed by atoms with Gasteiger partial charge in [0.05, 0.1) is 6.54 Å². The van der Waals surface area contributed by atoms with Crippen LogP contribution in [0.1, 0.15) is 13.3 Å². The summed E-state index contributed by atoms with van der Waals surface area (Å²) in [5.74, 6) is -3.92. The molecule has 0 spiro atoms. The van der Waals surface area contributed by atoms with Crippen LogP contribution in [0, 0.1) is 0 Å². The van der Waals surface area contributed by atoms with Gasteiger partial charge in [-0.25, -0.2) is 8.78 Å². The summed E-state index contributed by atoms with van der Waals surface area (Å²) in [6.07, 6.45) is -2.64. The van der Waals surface area contributed by atoms with Crippen molar-refractivity contribution in [2.45, 2.75) is 25.7 Å². The molecule has 0 rings (SSSR count). The molecule has 0 saturated heterocycles. The van der Waals surface area contributed by atoms with Crippen molar-refractivity contribution in [1.82, 2.24) is 10.2 Å². The molecule has 0 aromatic heterocycles. The molecule has 1 N–H and O–H groups in total. The van der Waals surface area contributed by atoms with Crippen LogP contribution in [0.2, 0.25) is 0 Å². The highest BCUT2D eigenvalue weighted by atomic mass is 19.3. The first kappa shape index (κ1) is 14.6. The predicted octanol–water partition coefficient (Wildman–Crippen LogP) is 1.82. The predicted molar refractivity (Wildman–Crippen MR) is 51.6 cm³/mol. The Kier molecular flexibility index (Phi) is 6.84. The largest absolute Gasteiger partial charge is 0.319 e. The first-order chi connectivity index (χ1) is 6.90. The molecule has 0 heterocycles. The molecule has 0 bridgehead atoms. The minimum atomic E-state index is -3.92. The molecule has 0 aliphatic carbocycles. The molecule has 0 saturated carbocycles. The zero-order chi connectivity index (χ0) is 11.9. The Morgan fingerprint density at radius 1 is 1.27 bits per heavy atom. The van der Waals surface area contributed by atoms with Crippen LogP contribution in [0.3, 0.4) is 0 Å². The molecule has 15 heavy (non-hydrogen) atoms. The Bertz CT molecular complexity index is 164. The van der Waals surface area contributed by atoms with Crippen LogP contribution in [0.5, 0.6) is 0 Å². The third kappa shape index (κ3) is 6.67. The second-order valence-electron chi connectivity index (χ2n) is 3.55. The zero-order valence-corrected chi connectivity index (χ0v) is 9.07. The first-order valence-electron chi connectivity index (χ1n) is 4.95. The highest BCUT2D eigenvalue weighted by Crippen LogP contribution is 2.23. The first-order valence-corrected chi connectivity index (χ1v) is 4.95. The summed E-state index contributed by atoms with van der Waals surface area (Å²) in [7, 11) is 1.41. The fourth-order valence-electron chi connectivity index (χ4n) is 1.08. The SMILES string of the molecule is CCCNCCN(C)CC(F)(F)C(F)F. The van der Waals surface area contributed by atoms with Crippen molar-refractivity contribution in [3.8, 4) is 0 Å². The highest BCUT2D eigenvalue weighted by Gasteiger charge is 2.41. The normalized spacial score (nSPS) is 12.8. The van der Waals surface area contributed by atoms with Gasteiger partial charge in [-0.15, -0.1) is 0 Å². The highest BCUT2D eigenvalue weighted by molar-refractivity contribution is 4.73. The van der Waals surface area contributed by atoms with Crippen molar-refractivity contribution >= 4 is 0 Å². The molecule has 0 fully saturated rings. The monoisotopic (exact) mass is 230 g/mol. The van der Waals surface area contributed by atoms with E-state index < -0.39 is 18.9 Å². The van der Waals surface area contributed by atoms with E-state index in [1.54, 1.807) is 0 Å². The maximum Gasteiger partial charge on any atom is 0.319 e. The molecule has 2 nitrogen and oxygen atoms in total. The van der Waals surface area contributed by atoms with Crippen LogP contribution >= 0.6 is 0 Å². The van der Waals surface area contributed by atoms with Gasteiger partial charge in [0, 0.05) is 13.1 Å². The summed E-state index contributed by atoms with van der Waals surface area (Å²) in [5.41, 5.74) is 0. The second kappa shape index (κ2) is 7.00. The van der Waals surface area contributed by atoms with E-state index in [-0.39, 0.29) is 0 Å².